The van der Waals surface area contributed by atoms with Crippen LogP contribution < -0.4 is 15.5 Å². The van der Waals surface area contributed by atoms with E-state index in [0.29, 0.717) is 6.42 Å². The molecule has 2 N–H and O–H groups in total. The molecule has 0 saturated carbocycles. The Morgan fingerprint density at radius 2 is 1.88 bits per heavy atom. The lowest BCUT2D eigenvalue weighted by Crippen LogP contribution is -2.24. The van der Waals surface area contributed by atoms with Crippen LogP contribution in [0.2, 0.25) is 0 Å². The van der Waals surface area contributed by atoms with Crippen molar-refractivity contribution < 1.29 is 9.59 Å². The van der Waals surface area contributed by atoms with Crippen LogP contribution in [0.15, 0.2) is 42.5 Å². The lowest BCUT2D eigenvalue weighted by atomic mass is 10.1. The fourth-order valence-electron chi connectivity index (χ4n) is 3.04. The van der Waals surface area contributed by atoms with E-state index >= 15 is 0 Å². The number of anilines is 3. The number of benzene rings is 2. The van der Waals surface area contributed by atoms with Crippen molar-refractivity contribution in [1.29, 1.82) is 0 Å². The Bertz CT molecular complexity index is 784. The summed E-state index contributed by atoms with van der Waals surface area (Å²) in [6, 6.07) is 13.5. The molecule has 1 aliphatic rings. The smallest absolute Gasteiger partial charge is 0.243 e. The van der Waals surface area contributed by atoms with Crippen LogP contribution in [0.5, 0.6) is 0 Å². The molecule has 130 valence electrons. The average molecular weight is 337 g/mol. The van der Waals surface area contributed by atoms with Crippen LogP contribution in [0.3, 0.4) is 0 Å². The van der Waals surface area contributed by atoms with Gasteiger partial charge in [0, 0.05) is 30.0 Å². The van der Waals surface area contributed by atoms with Gasteiger partial charge in [-0.15, -0.1) is 0 Å². The summed E-state index contributed by atoms with van der Waals surface area (Å²) >= 11 is 0. The van der Waals surface area contributed by atoms with E-state index in [1.54, 1.807) is 4.90 Å². The normalized spacial score (nSPS) is 13.8. The van der Waals surface area contributed by atoms with Crippen molar-refractivity contribution in [2.75, 3.05) is 28.6 Å². The highest BCUT2D eigenvalue weighted by molar-refractivity contribution is 5.96. The van der Waals surface area contributed by atoms with E-state index in [-0.39, 0.29) is 18.4 Å². The predicted molar refractivity (Wildman–Crippen MR) is 101 cm³/mol. The van der Waals surface area contributed by atoms with Crippen molar-refractivity contribution in [2.24, 2.45) is 0 Å². The summed E-state index contributed by atoms with van der Waals surface area (Å²) in [4.78, 5) is 25.7. The molecule has 1 heterocycles. The first-order valence-corrected chi connectivity index (χ1v) is 8.54. The minimum Gasteiger partial charge on any atom is -0.376 e. The van der Waals surface area contributed by atoms with Crippen LogP contribution in [0.25, 0.3) is 0 Å². The first-order valence-electron chi connectivity index (χ1n) is 8.54. The Labute approximate surface area is 148 Å². The summed E-state index contributed by atoms with van der Waals surface area (Å²) in [6.45, 7) is 5.04. The SMILES string of the molecule is Cc1ccc(NCC(=O)Nc2ccc(N3CCCC3=O)cc2)c(C)c1. The lowest BCUT2D eigenvalue weighted by Gasteiger charge is -2.16. The Kier molecular flexibility index (Phi) is 5.03. The number of amides is 2. The van der Waals surface area contributed by atoms with Crippen molar-refractivity contribution in [1.82, 2.24) is 0 Å². The third-order valence-corrected chi connectivity index (χ3v) is 4.36. The number of nitrogens with one attached hydrogen (secondary N) is 2. The van der Waals surface area contributed by atoms with E-state index in [0.717, 1.165) is 35.6 Å². The molecule has 0 radical (unpaired) electrons. The maximum absolute atomic E-state index is 12.1. The molecule has 5 nitrogen and oxygen atoms in total. The lowest BCUT2D eigenvalue weighted by molar-refractivity contribution is -0.117. The molecule has 0 aromatic heterocycles. The molecule has 0 atom stereocenters. The van der Waals surface area contributed by atoms with Gasteiger partial charge in [0.25, 0.3) is 0 Å². The highest BCUT2D eigenvalue weighted by Gasteiger charge is 2.21. The minimum absolute atomic E-state index is 0.107. The van der Waals surface area contributed by atoms with Crippen LogP contribution in [0, 0.1) is 13.8 Å². The number of carbonyl (C=O) groups excluding carboxylic acids is 2. The van der Waals surface area contributed by atoms with E-state index < -0.39 is 0 Å². The topological polar surface area (TPSA) is 61.4 Å². The second-order valence-electron chi connectivity index (χ2n) is 6.42. The van der Waals surface area contributed by atoms with Gasteiger partial charge in [-0.3, -0.25) is 9.59 Å². The van der Waals surface area contributed by atoms with Gasteiger partial charge in [-0.1, -0.05) is 17.7 Å². The molecule has 25 heavy (non-hydrogen) atoms. The summed E-state index contributed by atoms with van der Waals surface area (Å²) in [7, 11) is 0. The van der Waals surface area contributed by atoms with E-state index in [1.165, 1.54) is 5.56 Å². The van der Waals surface area contributed by atoms with E-state index in [4.69, 9.17) is 0 Å². The molecule has 1 aliphatic heterocycles. The summed E-state index contributed by atoms with van der Waals surface area (Å²) in [5.41, 5.74) is 4.89. The standard InChI is InChI=1S/C20H23N3O2/c1-14-5-10-18(15(2)12-14)21-13-19(24)22-16-6-8-17(9-7-16)23-11-3-4-20(23)25/h5-10,12,21H,3-4,11,13H2,1-2H3,(H,22,24). The Balaban J connectivity index is 1.55. The number of rotatable bonds is 5. The van der Waals surface area contributed by atoms with Gasteiger partial charge >= 0.3 is 0 Å². The molecular weight excluding hydrogens is 314 g/mol. The Morgan fingerprint density at radius 3 is 2.52 bits per heavy atom. The summed E-state index contributed by atoms with van der Waals surface area (Å²) in [5, 5.41) is 6.02. The summed E-state index contributed by atoms with van der Waals surface area (Å²) in [5.74, 6) is 0.0550. The molecular formula is C20H23N3O2. The zero-order valence-corrected chi connectivity index (χ0v) is 14.6. The molecule has 1 saturated heterocycles. The van der Waals surface area contributed by atoms with E-state index in [9.17, 15) is 9.59 Å². The second-order valence-corrected chi connectivity index (χ2v) is 6.42. The van der Waals surface area contributed by atoms with Gasteiger partial charge < -0.3 is 15.5 Å². The fraction of sp³-hybridized carbons (Fsp3) is 0.300. The van der Waals surface area contributed by atoms with Gasteiger partial charge in [0.1, 0.15) is 0 Å². The third-order valence-electron chi connectivity index (χ3n) is 4.36. The molecule has 0 unspecified atom stereocenters. The molecule has 0 spiro atoms. The molecule has 3 rings (SSSR count). The van der Waals surface area contributed by atoms with E-state index in [1.807, 2.05) is 50.2 Å². The summed E-state index contributed by atoms with van der Waals surface area (Å²) < 4.78 is 0. The van der Waals surface area contributed by atoms with Crippen LogP contribution in [0.1, 0.15) is 24.0 Å². The van der Waals surface area contributed by atoms with E-state index in [2.05, 4.69) is 16.7 Å². The largest absolute Gasteiger partial charge is 0.376 e. The quantitative estimate of drug-likeness (QED) is 0.878. The van der Waals surface area contributed by atoms with Crippen molar-refractivity contribution in [3.8, 4) is 0 Å². The van der Waals surface area contributed by atoms with Crippen molar-refractivity contribution in [3.05, 3.63) is 53.6 Å². The number of hydrogen-bond acceptors (Lipinski definition) is 3. The third kappa shape index (κ3) is 4.18. The van der Waals surface area contributed by atoms with Gasteiger partial charge in [0.2, 0.25) is 11.8 Å². The number of nitrogens with zero attached hydrogens (tertiary/aromatic N) is 1. The van der Waals surface area contributed by atoms with Crippen molar-refractivity contribution in [3.63, 3.8) is 0 Å². The zero-order valence-electron chi connectivity index (χ0n) is 14.6. The number of hydrogen-bond donors (Lipinski definition) is 2. The molecule has 2 aromatic rings. The van der Waals surface area contributed by atoms with Crippen LogP contribution in [-0.2, 0) is 9.59 Å². The van der Waals surface area contributed by atoms with Crippen LogP contribution >= 0.6 is 0 Å². The van der Waals surface area contributed by atoms with Gasteiger partial charge in [0.15, 0.2) is 0 Å². The Hall–Kier alpha value is -2.82. The highest BCUT2D eigenvalue weighted by Crippen LogP contribution is 2.23. The van der Waals surface area contributed by atoms with Crippen LogP contribution in [-0.4, -0.2) is 24.9 Å². The summed E-state index contributed by atoms with van der Waals surface area (Å²) in [6.07, 6.45) is 1.52. The van der Waals surface area contributed by atoms with Crippen molar-refractivity contribution in [2.45, 2.75) is 26.7 Å². The van der Waals surface area contributed by atoms with Gasteiger partial charge in [-0.25, -0.2) is 0 Å². The molecule has 0 aliphatic carbocycles. The number of carbonyl (C=O) groups is 2. The van der Waals surface area contributed by atoms with Crippen molar-refractivity contribution >= 4 is 28.9 Å². The first-order chi connectivity index (χ1) is 12.0. The van der Waals surface area contributed by atoms with Crippen LogP contribution in [0.4, 0.5) is 17.1 Å². The number of aryl methyl sites for hydroxylation is 2. The fourth-order valence-corrected chi connectivity index (χ4v) is 3.04. The highest BCUT2D eigenvalue weighted by atomic mass is 16.2. The molecule has 1 fully saturated rings. The van der Waals surface area contributed by atoms with Gasteiger partial charge in [-0.05, 0) is 56.2 Å². The Morgan fingerprint density at radius 1 is 1.12 bits per heavy atom. The monoisotopic (exact) mass is 337 g/mol. The maximum atomic E-state index is 12.1. The maximum Gasteiger partial charge on any atom is 0.243 e. The minimum atomic E-state index is -0.107. The molecule has 2 amide bonds. The average Bonchev–Trinajstić information content (AvgIpc) is 3.01. The molecule has 5 heteroatoms. The zero-order chi connectivity index (χ0) is 17.8. The van der Waals surface area contributed by atoms with Gasteiger partial charge in [-0.2, -0.15) is 0 Å². The molecule has 0 bridgehead atoms. The first kappa shape index (κ1) is 17.0. The molecule has 2 aromatic carbocycles. The predicted octanol–water partition coefficient (Wildman–Crippen LogP) is 3.48. The second kappa shape index (κ2) is 7.38. The van der Waals surface area contributed by atoms with Gasteiger partial charge in [0.05, 0.1) is 6.54 Å².